The zero-order chi connectivity index (χ0) is 58.3. The van der Waals surface area contributed by atoms with Crippen LogP contribution in [0, 0.1) is 0 Å². The summed E-state index contributed by atoms with van der Waals surface area (Å²) in [5, 5.41) is 12.0. The lowest BCUT2D eigenvalue weighted by atomic mass is 10.0. The first-order valence-corrected chi connectivity index (χ1v) is 30.4. The van der Waals surface area contributed by atoms with Crippen molar-refractivity contribution in [3.8, 4) is 62.3 Å². The third-order valence-electron chi connectivity index (χ3n) is 18.5. The van der Waals surface area contributed by atoms with E-state index in [-0.39, 0.29) is 0 Å². The quantitative estimate of drug-likeness (QED) is 0.152. The highest BCUT2D eigenvalue weighted by Crippen LogP contribution is 2.43. The van der Waals surface area contributed by atoms with E-state index in [0.717, 1.165) is 100 Å². The van der Waals surface area contributed by atoms with Crippen LogP contribution in [0.25, 0.3) is 171 Å². The molecule has 0 radical (unpaired) electrons. The molecule has 0 fully saturated rings. The zero-order valence-electron chi connectivity index (χ0n) is 48.1. The van der Waals surface area contributed by atoms with Gasteiger partial charge in [0.15, 0.2) is 0 Å². The van der Waals surface area contributed by atoms with Gasteiger partial charge in [-0.1, -0.05) is 182 Å². The number of fused-ring (bicyclic) bond motifs is 15. The van der Waals surface area contributed by atoms with Crippen LogP contribution < -0.4 is 0 Å². The topological polar surface area (TPSA) is 50.4 Å². The molecule has 0 saturated heterocycles. The van der Waals surface area contributed by atoms with Crippen LogP contribution in [0.4, 0.5) is 0 Å². The summed E-state index contributed by atoms with van der Waals surface area (Å²) in [6.45, 7) is 0. The molecule has 0 N–H and O–H groups in total. The number of hydrogen-bond donors (Lipinski definition) is 0. The van der Waals surface area contributed by atoms with Crippen LogP contribution in [-0.2, 0) is 0 Å². The molecule has 89 heavy (non-hydrogen) atoms. The van der Waals surface area contributed by atoms with Gasteiger partial charge in [-0.2, -0.15) is 0 Å². The molecule has 0 unspecified atom stereocenters. The van der Waals surface area contributed by atoms with E-state index in [1.54, 1.807) is 0 Å². The fourth-order valence-electron chi connectivity index (χ4n) is 14.6. The summed E-state index contributed by atoms with van der Waals surface area (Å²) in [7, 11) is 0. The zero-order valence-corrected chi connectivity index (χ0v) is 48.1. The van der Waals surface area contributed by atoms with Crippen molar-refractivity contribution in [3.05, 3.63) is 309 Å². The van der Waals surface area contributed by atoms with Gasteiger partial charge in [0.05, 0.1) is 66.6 Å². The van der Waals surface area contributed by atoms with Gasteiger partial charge in [0.25, 0.3) is 0 Å². The van der Waals surface area contributed by atoms with Gasteiger partial charge in [0.1, 0.15) is 0 Å². The molecule has 0 amide bonds. The molecule has 0 aliphatic carbocycles. The Labute approximate surface area is 510 Å². The number of nitrogens with zero attached hydrogens (tertiary/aromatic N) is 7. The molecule has 6 aromatic heterocycles. The van der Waals surface area contributed by atoms with Gasteiger partial charge in [0, 0.05) is 87.7 Å². The number of benzene rings is 13. The molecule has 19 aromatic rings. The Morgan fingerprint density at radius 2 is 0.472 bits per heavy atom. The smallest absolute Gasteiger partial charge is 0.235 e. The lowest BCUT2D eigenvalue weighted by molar-refractivity contribution is 0.995. The van der Waals surface area contributed by atoms with Crippen LogP contribution in [0.5, 0.6) is 0 Å². The summed E-state index contributed by atoms with van der Waals surface area (Å²) in [6.07, 6.45) is 0. The Kier molecular flexibility index (Phi) is 10.6. The number of rotatable bonds is 8. The Balaban J connectivity index is 0.786. The van der Waals surface area contributed by atoms with Crippen molar-refractivity contribution in [1.29, 1.82) is 0 Å². The van der Waals surface area contributed by atoms with Gasteiger partial charge in [-0.3, -0.25) is 4.57 Å². The largest absolute Gasteiger partial charge is 0.309 e. The molecular formula is C82H51N7. The lowest BCUT2D eigenvalue weighted by Crippen LogP contribution is -2.04. The third kappa shape index (κ3) is 7.46. The molecule has 0 spiro atoms. The molecule has 7 heteroatoms. The highest BCUT2D eigenvalue weighted by atomic mass is 15.2. The summed E-state index contributed by atoms with van der Waals surface area (Å²) in [5.41, 5.74) is 21.7. The summed E-state index contributed by atoms with van der Waals surface area (Å²) < 4.78 is 11.9. The molecule has 0 aliphatic rings. The van der Waals surface area contributed by atoms with Gasteiger partial charge in [0.2, 0.25) is 5.95 Å². The van der Waals surface area contributed by atoms with E-state index < -0.39 is 0 Å². The van der Waals surface area contributed by atoms with Crippen LogP contribution in [0.1, 0.15) is 0 Å². The standard InChI is InChI=1S/C82H51N7/c1-3-20-52(21-4-1)70-51-71(84-82(83-70)89-77-37-18-12-31-65(77)67-48-54(39-43-81(67)89)53-38-42-78-66(47-53)64-30-11-17-36-76(64)85(78)56-23-5-2-6-24-56)55-22-19-25-57(46-55)86-79-44-40-58(87-72-32-13-7-26-60(72)61-27-8-14-33-73(61)87)49-68(79)69-50-59(41-45-80(69)86)88-74-34-15-9-28-62(74)63-29-10-16-35-75(63)88/h1-51H. The predicted molar refractivity (Wildman–Crippen MR) is 370 cm³/mol. The second kappa shape index (κ2) is 19.2. The second-order valence-electron chi connectivity index (χ2n) is 23.3. The first kappa shape index (κ1) is 49.2. The Bertz CT molecular complexity index is 5830. The first-order valence-electron chi connectivity index (χ1n) is 30.4. The molecular weight excluding hydrogens is 1080 g/mol. The van der Waals surface area contributed by atoms with Gasteiger partial charge >= 0.3 is 0 Å². The molecule has 19 rings (SSSR count). The van der Waals surface area contributed by atoms with Crippen molar-refractivity contribution >= 4 is 109 Å². The van der Waals surface area contributed by atoms with Gasteiger partial charge in [-0.05, 0) is 139 Å². The van der Waals surface area contributed by atoms with Crippen molar-refractivity contribution in [3.63, 3.8) is 0 Å². The highest BCUT2D eigenvalue weighted by molar-refractivity contribution is 6.16. The SMILES string of the molecule is c1ccc(-c2cc(-c3cccc(-n4c5ccc(-n6c7ccccc7c7ccccc76)cc5c5cc(-n6c7ccccc7c7ccccc76)ccc54)c3)nc(-n3c4ccccc4c4cc(-c5ccc6c(c5)c5ccccc5n6-c5ccccc5)ccc43)n2)cc1. The van der Waals surface area contributed by atoms with Crippen molar-refractivity contribution < 1.29 is 0 Å². The van der Waals surface area contributed by atoms with Crippen LogP contribution >= 0.6 is 0 Å². The maximum Gasteiger partial charge on any atom is 0.235 e. The third-order valence-corrected chi connectivity index (χ3v) is 18.5. The summed E-state index contributed by atoms with van der Waals surface area (Å²) in [4.78, 5) is 11.1. The fourth-order valence-corrected chi connectivity index (χ4v) is 14.6. The van der Waals surface area contributed by atoms with E-state index in [1.165, 1.54) is 65.4 Å². The second-order valence-corrected chi connectivity index (χ2v) is 23.3. The average Bonchev–Trinajstić information content (AvgIpc) is 1.69. The molecule has 6 heterocycles. The Morgan fingerprint density at radius 1 is 0.169 bits per heavy atom. The Hall–Kier alpha value is -12.1. The van der Waals surface area contributed by atoms with E-state index in [1.807, 2.05) is 0 Å². The summed E-state index contributed by atoms with van der Waals surface area (Å²) >= 11 is 0. The van der Waals surface area contributed by atoms with Gasteiger partial charge < -0.3 is 18.3 Å². The maximum atomic E-state index is 5.60. The van der Waals surface area contributed by atoms with E-state index in [9.17, 15) is 0 Å². The molecule has 0 aliphatic heterocycles. The average molecular weight is 1130 g/mol. The lowest BCUT2D eigenvalue weighted by Gasteiger charge is -2.14. The van der Waals surface area contributed by atoms with Crippen LogP contribution in [0.3, 0.4) is 0 Å². The highest BCUT2D eigenvalue weighted by Gasteiger charge is 2.23. The first-order chi connectivity index (χ1) is 44.1. The van der Waals surface area contributed by atoms with Gasteiger partial charge in [-0.25, -0.2) is 9.97 Å². The monoisotopic (exact) mass is 1130 g/mol. The van der Waals surface area contributed by atoms with Crippen LogP contribution in [-0.4, -0.2) is 32.8 Å². The molecule has 0 atom stereocenters. The molecule has 414 valence electrons. The van der Waals surface area contributed by atoms with E-state index in [0.29, 0.717) is 5.95 Å². The number of hydrogen-bond acceptors (Lipinski definition) is 2. The maximum absolute atomic E-state index is 5.60. The fraction of sp³-hybridized carbons (Fsp3) is 0. The van der Waals surface area contributed by atoms with Crippen molar-refractivity contribution in [2.45, 2.75) is 0 Å². The molecule has 7 nitrogen and oxygen atoms in total. The van der Waals surface area contributed by atoms with Gasteiger partial charge in [-0.15, -0.1) is 0 Å². The molecule has 13 aromatic carbocycles. The summed E-state index contributed by atoms with van der Waals surface area (Å²) in [6, 6.07) is 112. The minimum atomic E-state index is 0.605. The molecule has 0 bridgehead atoms. The predicted octanol–water partition coefficient (Wildman–Crippen LogP) is 21.0. The van der Waals surface area contributed by atoms with E-state index in [2.05, 4.69) is 332 Å². The number of aromatic nitrogens is 7. The number of para-hydroxylation sites is 7. The van der Waals surface area contributed by atoms with Crippen molar-refractivity contribution in [1.82, 2.24) is 32.8 Å². The summed E-state index contributed by atoms with van der Waals surface area (Å²) in [5.74, 6) is 0.605. The van der Waals surface area contributed by atoms with Crippen LogP contribution in [0.15, 0.2) is 309 Å². The van der Waals surface area contributed by atoms with E-state index >= 15 is 0 Å². The van der Waals surface area contributed by atoms with E-state index in [4.69, 9.17) is 9.97 Å². The Morgan fingerprint density at radius 3 is 0.933 bits per heavy atom. The molecule has 0 saturated carbocycles. The van der Waals surface area contributed by atoms with Crippen molar-refractivity contribution in [2.24, 2.45) is 0 Å². The normalized spacial score (nSPS) is 12.0. The minimum absolute atomic E-state index is 0.605. The minimum Gasteiger partial charge on any atom is -0.309 e. The van der Waals surface area contributed by atoms with Crippen molar-refractivity contribution in [2.75, 3.05) is 0 Å². The van der Waals surface area contributed by atoms with Crippen LogP contribution in [0.2, 0.25) is 0 Å².